The third-order valence-corrected chi connectivity index (χ3v) is 4.58. The van der Waals surface area contributed by atoms with Crippen LogP contribution in [0.5, 0.6) is 0 Å². The van der Waals surface area contributed by atoms with Gasteiger partial charge in [-0.15, -0.1) is 11.3 Å². The number of rotatable bonds is 3. The lowest BCUT2D eigenvalue weighted by Gasteiger charge is -1.99. The Morgan fingerprint density at radius 2 is 1.90 bits per heavy atom. The van der Waals surface area contributed by atoms with Gasteiger partial charge in [-0.3, -0.25) is 0 Å². The lowest BCUT2D eigenvalue weighted by atomic mass is 10.1. The molecule has 0 amide bonds. The predicted molar refractivity (Wildman–Crippen MR) is 85.8 cm³/mol. The van der Waals surface area contributed by atoms with Crippen LogP contribution in [0.15, 0.2) is 48.5 Å². The Morgan fingerprint density at radius 1 is 1.14 bits per heavy atom. The van der Waals surface area contributed by atoms with Crippen molar-refractivity contribution in [1.82, 2.24) is 4.98 Å². The maximum atomic E-state index is 13.2. The maximum absolute atomic E-state index is 13.2. The first-order chi connectivity index (χ1) is 10.2. The van der Waals surface area contributed by atoms with Gasteiger partial charge in [0, 0.05) is 12.1 Å². The lowest BCUT2D eigenvalue weighted by molar-refractivity contribution is 0.628. The first kappa shape index (κ1) is 14.2. The molecule has 0 saturated carbocycles. The van der Waals surface area contributed by atoms with Crippen LogP contribution in [0.4, 0.5) is 4.39 Å². The van der Waals surface area contributed by atoms with E-state index in [4.69, 9.17) is 17.3 Å². The summed E-state index contributed by atoms with van der Waals surface area (Å²) in [4.78, 5) is 5.57. The van der Waals surface area contributed by atoms with Crippen molar-refractivity contribution in [3.8, 4) is 21.0 Å². The normalized spacial score (nSPS) is 10.8. The van der Waals surface area contributed by atoms with E-state index in [1.807, 2.05) is 30.3 Å². The van der Waals surface area contributed by atoms with Crippen molar-refractivity contribution in [2.75, 3.05) is 0 Å². The fourth-order valence-corrected chi connectivity index (χ4v) is 3.53. The van der Waals surface area contributed by atoms with Gasteiger partial charge in [0.2, 0.25) is 0 Å². The quantitative estimate of drug-likeness (QED) is 0.758. The fraction of sp³-hybridized carbons (Fsp3) is 0.0625. The highest BCUT2D eigenvalue weighted by atomic mass is 35.5. The van der Waals surface area contributed by atoms with E-state index >= 15 is 0 Å². The van der Waals surface area contributed by atoms with E-state index < -0.39 is 0 Å². The standard InChI is InChI=1S/C16H12ClFN2S/c17-13-8-11(18)6-7-12(13)16-20-14(9-19)15(21-16)10-4-2-1-3-5-10/h1-8H,9,19H2. The summed E-state index contributed by atoms with van der Waals surface area (Å²) >= 11 is 7.62. The van der Waals surface area contributed by atoms with Crippen LogP contribution in [0, 0.1) is 5.82 Å². The van der Waals surface area contributed by atoms with E-state index in [0.29, 0.717) is 11.6 Å². The SMILES string of the molecule is NCc1nc(-c2ccc(F)cc2Cl)sc1-c1ccccc1. The largest absolute Gasteiger partial charge is 0.325 e. The summed E-state index contributed by atoms with van der Waals surface area (Å²) in [6.45, 7) is 0.347. The van der Waals surface area contributed by atoms with Crippen molar-refractivity contribution in [2.24, 2.45) is 5.73 Å². The zero-order valence-corrected chi connectivity index (χ0v) is 12.6. The Kier molecular flexibility index (Phi) is 4.01. The monoisotopic (exact) mass is 318 g/mol. The molecule has 3 aromatic rings. The number of thiazole rings is 1. The first-order valence-corrected chi connectivity index (χ1v) is 7.59. The van der Waals surface area contributed by atoms with Crippen LogP contribution >= 0.6 is 22.9 Å². The highest BCUT2D eigenvalue weighted by Crippen LogP contribution is 2.38. The van der Waals surface area contributed by atoms with Gasteiger partial charge in [0.1, 0.15) is 10.8 Å². The second kappa shape index (κ2) is 5.93. The zero-order valence-electron chi connectivity index (χ0n) is 11.0. The Bertz CT molecular complexity index is 771. The van der Waals surface area contributed by atoms with Gasteiger partial charge in [-0.25, -0.2) is 9.37 Å². The molecule has 0 aliphatic heterocycles. The number of hydrogen-bond donors (Lipinski definition) is 1. The molecule has 2 N–H and O–H groups in total. The highest BCUT2D eigenvalue weighted by Gasteiger charge is 2.15. The van der Waals surface area contributed by atoms with Gasteiger partial charge in [0.05, 0.1) is 15.6 Å². The number of aromatic nitrogens is 1. The van der Waals surface area contributed by atoms with Crippen molar-refractivity contribution in [1.29, 1.82) is 0 Å². The van der Waals surface area contributed by atoms with E-state index in [1.165, 1.54) is 23.5 Å². The minimum atomic E-state index is -0.359. The summed E-state index contributed by atoms with van der Waals surface area (Å²) in [6, 6.07) is 14.3. The summed E-state index contributed by atoms with van der Waals surface area (Å²) in [5.41, 5.74) is 8.41. The molecule has 0 radical (unpaired) electrons. The zero-order chi connectivity index (χ0) is 14.8. The summed E-state index contributed by atoms with van der Waals surface area (Å²) in [5.74, 6) is -0.359. The van der Waals surface area contributed by atoms with Crippen LogP contribution in [0.2, 0.25) is 5.02 Å². The van der Waals surface area contributed by atoms with Gasteiger partial charge in [-0.2, -0.15) is 0 Å². The second-order valence-corrected chi connectivity index (χ2v) is 5.90. The van der Waals surface area contributed by atoms with Crippen LogP contribution < -0.4 is 5.73 Å². The van der Waals surface area contributed by atoms with E-state index in [-0.39, 0.29) is 5.82 Å². The van der Waals surface area contributed by atoms with E-state index in [9.17, 15) is 4.39 Å². The van der Waals surface area contributed by atoms with Gasteiger partial charge >= 0.3 is 0 Å². The van der Waals surface area contributed by atoms with Crippen LogP contribution in [0.1, 0.15) is 5.69 Å². The van der Waals surface area contributed by atoms with Crippen molar-refractivity contribution < 1.29 is 4.39 Å². The van der Waals surface area contributed by atoms with Crippen LogP contribution in [-0.2, 0) is 6.54 Å². The number of halogens is 2. The minimum Gasteiger partial charge on any atom is -0.325 e. The molecule has 0 spiro atoms. The van der Waals surface area contributed by atoms with E-state index in [1.54, 1.807) is 6.07 Å². The van der Waals surface area contributed by atoms with Crippen LogP contribution in [-0.4, -0.2) is 4.98 Å². The van der Waals surface area contributed by atoms with Crippen LogP contribution in [0.3, 0.4) is 0 Å². The van der Waals surface area contributed by atoms with Gasteiger partial charge in [-0.1, -0.05) is 41.9 Å². The highest BCUT2D eigenvalue weighted by molar-refractivity contribution is 7.18. The summed E-state index contributed by atoms with van der Waals surface area (Å²) in [5, 5.41) is 1.10. The molecule has 0 aliphatic carbocycles. The molecular formula is C16H12ClFN2S. The molecule has 1 aromatic heterocycles. The average Bonchev–Trinajstić information content (AvgIpc) is 2.92. The number of nitrogens with two attached hydrogens (primary N) is 1. The molecule has 0 unspecified atom stereocenters. The van der Waals surface area contributed by atoms with E-state index in [2.05, 4.69) is 4.98 Å². The molecule has 3 rings (SSSR count). The van der Waals surface area contributed by atoms with Crippen molar-refractivity contribution in [3.63, 3.8) is 0 Å². The Balaban J connectivity index is 2.12. The molecule has 0 aliphatic rings. The topological polar surface area (TPSA) is 38.9 Å². The first-order valence-electron chi connectivity index (χ1n) is 6.39. The second-order valence-electron chi connectivity index (χ2n) is 4.49. The Labute approximate surface area is 131 Å². The number of nitrogens with zero attached hydrogens (tertiary/aromatic N) is 1. The molecule has 0 saturated heterocycles. The molecule has 0 fully saturated rings. The third-order valence-electron chi connectivity index (χ3n) is 3.09. The summed E-state index contributed by atoms with van der Waals surface area (Å²) < 4.78 is 13.2. The molecular weight excluding hydrogens is 307 g/mol. The van der Waals surface area contributed by atoms with Gasteiger partial charge in [-0.05, 0) is 23.8 Å². The Morgan fingerprint density at radius 3 is 2.57 bits per heavy atom. The van der Waals surface area contributed by atoms with E-state index in [0.717, 1.165) is 26.7 Å². The summed E-state index contributed by atoms with van der Waals surface area (Å²) in [6.07, 6.45) is 0. The number of benzene rings is 2. The molecule has 0 atom stereocenters. The average molecular weight is 319 g/mol. The number of hydrogen-bond acceptors (Lipinski definition) is 3. The van der Waals surface area contributed by atoms with Gasteiger partial charge in [0.15, 0.2) is 0 Å². The predicted octanol–water partition coefficient (Wildman–Crippen LogP) is 4.73. The molecule has 2 nitrogen and oxygen atoms in total. The van der Waals surface area contributed by atoms with Crippen LogP contribution in [0.25, 0.3) is 21.0 Å². The lowest BCUT2D eigenvalue weighted by Crippen LogP contribution is -1.98. The Hall–Kier alpha value is -1.75. The molecule has 2 aromatic carbocycles. The molecule has 21 heavy (non-hydrogen) atoms. The minimum absolute atomic E-state index is 0.347. The third kappa shape index (κ3) is 2.83. The molecule has 106 valence electrons. The van der Waals surface area contributed by atoms with Gasteiger partial charge in [0.25, 0.3) is 0 Å². The van der Waals surface area contributed by atoms with Crippen molar-refractivity contribution in [2.45, 2.75) is 6.54 Å². The molecule has 0 bridgehead atoms. The van der Waals surface area contributed by atoms with Gasteiger partial charge < -0.3 is 5.73 Å². The summed E-state index contributed by atoms with van der Waals surface area (Å²) in [7, 11) is 0. The van der Waals surface area contributed by atoms with Crippen molar-refractivity contribution >= 4 is 22.9 Å². The smallest absolute Gasteiger partial charge is 0.125 e. The maximum Gasteiger partial charge on any atom is 0.125 e. The molecule has 1 heterocycles. The molecule has 5 heteroatoms. The van der Waals surface area contributed by atoms with Crippen molar-refractivity contribution in [3.05, 3.63) is 65.1 Å². The fourth-order valence-electron chi connectivity index (χ4n) is 2.08.